The quantitative estimate of drug-likeness (QED) is 0.142. The molecule has 0 aliphatic carbocycles. The second-order valence-corrected chi connectivity index (χ2v) is 31.7. The molecule has 12 aromatic heterocycles. The molecule has 13 rings (SSSR count). The Morgan fingerprint density at radius 3 is 0.306 bits per heavy atom. The minimum atomic E-state index is 1.37. The molecule has 0 spiro atoms. The Morgan fingerprint density at radius 1 is 0.139 bits per heavy atom. The Hall–Kier alpha value is -3.60. The molecule has 0 unspecified atom stereocenters. The van der Waals surface area contributed by atoms with Crippen LogP contribution in [-0.4, -0.2) is 0 Å². The average molecular weight is 1150 g/mol. The minimum Gasteiger partial charge on any atom is -0.133 e. The van der Waals surface area contributed by atoms with E-state index in [2.05, 4.69) is 156 Å². The van der Waals surface area contributed by atoms with Crippen LogP contribution in [0.1, 0.15) is 66.8 Å². The van der Waals surface area contributed by atoms with E-state index in [1.165, 1.54) is 184 Å². The maximum absolute atomic E-state index is 2.37. The Labute approximate surface area is 470 Å². The Kier molecular flexibility index (Phi) is 12.0. The average Bonchev–Trinajstić information content (AvgIpc) is 4.20. The number of fused-ring (bicyclic) bond motifs is 36. The first kappa shape index (κ1) is 48.1. The van der Waals surface area contributed by atoms with E-state index < -0.39 is 0 Å². The molecule has 0 amide bonds. The van der Waals surface area contributed by atoms with E-state index in [1.54, 1.807) is 0 Å². The van der Waals surface area contributed by atoms with Gasteiger partial charge in [0.1, 0.15) is 0 Å². The predicted molar refractivity (Wildman–Crippen MR) is 337 cm³/mol. The van der Waals surface area contributed by atoms with Crippen LogP contribution in [0.25, 0.3) is 117 Å². The molecule has 72 heavy (non-hydrogen) atoms. The van der Waals surface area contributed by atoms with Crippen LogP contribution in [0.4, 0.5) is 0 Å². The third kappa shape index (κ3) is 7.52. The number of thiophene rings is 12. The lowest BCUT2D eigenvalue weighted by atomic mass is 10.1. The van der Waals surface area contributed by atoms with Crippen molar-refractivity contribution in [1.29, 1.82) is 0 Å². The van der Waals surface area contributed by atoms with E-state index >= 15 is 0 Å². The molecule has 0 fully saturated rings. The van der Waals surface area contributed by atoms with Crippen LogP contribution < -0.4 is 0 Å². The number of hydrogen-bond donors (Lipinski definition) is 0. The molecular formula is C60H48S12. The zero-order valence-corrected chi connectivity index (χ0v) is 51.6. The lowest BCUT2D eigenvalue weighted by molar-refractivity contribution is 1.41. The maximum Gasteiger partial charge on any atom is 0.0481 e. The molecule has 1 aliphatic heterocycles. The fraction of sp³-hybridized carbons (Fsp3) is 0.200. The minimum absolute atomic E-state index is 1.37. The Balaban J connectivity index is 0.930. The first-order valence-corrected chi connectivity index (χ1v) is 33.7. The molecule has 0 atom stereocenters. The molecule has 12 heteroatoms. The highest BCUT2D eigenvalue weighted by molar-refractivity contribution is 7.34. The molecular weight excluding hydrogens is 1110 g/mol. The van der Waals surface area contributed by atoms with Crippen molar-refractivity contribution < 1.29 is 0 Å². The van der Waals surface area contributed by atoms with Gasteiger partial charge in [0.25, 0.3) is 0 Å². The van der Waals surface area contributed by atoms with Gasteiger partial charge in [-0.1, -0.05) is 0 Å². The third-order valence-electron chi connectivity index (χ3n) is 15.0. The zero-order valence-electron chi connectivity index (χ0n) is 41.8. The van der Waals surface area contributed by atoms with Gasteiger partial charge in [0.2, 0.25) is 0 Å². The summed E-state index contributed by atoms with van der Waals surface area (Å²) in [5, 5.41) is 0. The Morgan fingerprint density at radius 2 is 0.222 bits per heavy atom. The van der Waals surface area contributed by atoms with Crippen molar-refractivity contribution in [3.63, 3.8) is 0 Å². The van der Waals surface area contributed by atoms with Crippen molar-refractivity contribution in [2.45, 2.75) is 83.1 Å². The van der Waals surface area contributed by atoms with E-state index in [9.17, 15) is 0 Å². The second-order valence-electron chi connectivity index (χ2n) is 19.0. The summed E-state index contributed by atoms with van der Waals surface area (Å²) in [4.78, 5) is 33.2. The summed E-state index contributed by atoms with van der Waals surface area (Å²) in [6.45, 7) is 27.9. The summed E-state index contributed by atoms with van der Waals surface area (Å²) >= 11 is 23.6. The van der Waals surface area contributed by atoms with Crippen LogP contribution in [0.5, 0.6) is 0 Å². The lowest BCUT2D eigenvalue weighted by Crippen LogP contribution is -1.76. The van der Waals surface area contributed by atoms with Crippen LogP contribution in [0.2, 0.25) is 0 Å². The van der Waals surface area contributed by atoms with Gasteiger partial charge < -0.3 is 0 Å². The largest absolute Gasteiger partial charge is 0.133 e. The lowest BCUT2D eigenvalue weighted by Gasteiger charge is -1.98. The molecule has 0 radical (unpaired) electrons. The summed E-state index contributed by atoms with van der Waals surface area (Å²) in [7, 11) is 0. The van der Waals surface area contributed by atoms with Crippen molar-refractivity contribution in [1.82, 2.24) is 0 Å². The van der Waals surface area contributed by atoms with E-state index in [0.717, 1.165) is 0 Å². The van der Waals surface area contributed by atoms with E-state index in [1.807, 2.05) is 136 Å². The smallest absolute Gasteiger partial charge is 0.0481 e. The predicted octanol–water partition coefficient (Wildman–Crippen LogP) is 24.4. The van der Waals surface area contributed by atoms with Crippen LogP contribution in [-0.2, 0) is 0 Å². The molecule has 0 aromatic carbocycles. The van der Waals surface area contributed by atoms with Crippen molar-refractivity contribution in [3.05, 3.63) is 140 Å². The molecule has 0 N–H and O–H groups in total. The van der Waals surface area contributed by atoms with Crippen molar-refractivity contribution in [2.24, 2.45) is 0 Å². The fourth-order valence-electron chi connectivity index (χ4n) is 9.89. The molecule has 0 saturated carbocycles. The van der Waals surface area contributed by atoms with Gasteiger partial charge in [-0.25, -0.2) is 0 Å². The summed E-state index contributed by atoms with van der Waals surface area (Å²) in [5.74, 6) is 0. The summed E-state index contributed by atoms with van der Waals surface area (Å²) in [6, 6.07) is 28.5. The standard InChI is InChI=1S/C60H48S12/c1-25-26(2)50-38-15-16-40(62-38)52-29(5)30(6)54(69-52)42-19-20-44(64-42)56-33(9)34(10)58(71-56)46-23-24-48(66-46)60-36(12)35(11)59(72-60)47-22-21-45(65-47)57-32(8)31(7)55(70-57)43-18-17-41(63-43)53-28(4)27(3)51(68-53)39-14-13-37(61-39)49(25)67-50/h13-24H,1-12H3. The molecule has 12 aromatic rings. The van der Waals surface area contributed by atoms with Gasteiger partial charge in [0, 0.05) is 117 Å². The highest BCUT2D eigenvalue weighted by Crippen LogP contribution is 2.56. The van der Waals surface area contributed by atoms with Crippen molar-refractivity contribution >= 4 is 136 Å². The summed E-state index contributed by atoms with van der Waals surface area (Å²) in [6.07, 6.45) is 0. The van der Waals surface area contributed by atoms with E-state index in [-0.39, 0.29) is 0 Å². The summed E-state index contributed by atoms with van der Waals surface area (Å²) in [5.41, 5.74) is 16.8. The van der Waals surface area contributed by atoms with Gasteiger partial charge in [-0.05, 0) is 223 Å². The van der Waals surface area contributed by atoms with Gasteiger partial charge >= 0.3 is 0 Å². The van der Waals surface area contributed by atoms with Crippen LogP contribution in [0, 0.1) is 83.1 Å². The molecule has 1 aliphatic rings. The van der Waals surface area contributed by atoms with E-state index in [4.69, 9.17) is 0 Å². The van der Waals surface area contributed by atoms with Gasteiger partial charge in [-0.2, -0.15) is 0 Å². The highest BCUT2D eigenvalue weighted by atomic mass is 32.1. The van der Waals surface area contributed by atoms with Gasteiger partial charge in [0.05, 0.1) is 0 Å². The number of hydrogen-bond acceptors (Lipinski definition) is 12. The van der Waals surface area contributed by atoms with Gasteiger partial charge in [0.15, 0.2) is 0 Å². The van der Waals surface area contributed by atoms with Crippen LogP contribution >= 0.6 is 136 Å². The van der Waals surface area contributed by atoms with Gasteiger partial charge in [-0.3, -0.25) is 0 Å². The third-order valence-corrected chi connectivity index (χ3v) is 32.0. The summed E-state index contributed by atoms with van der Waals surface area (Å²) < 4.78 is 0. The molecule has 24 bridgehead atoms. The molecule has 360 valence electrons. The first-order valence-electron chi connectivity index (χ1n) is 23.9. The normalized spacial score (nSPS) is 12.2. The molecule has 0 saturated heterocycles. The first-order chi connectivity index (χ1) is 34.6. The molecule has 0 nitrogen and oxygen atoms in total. The van der Waals surface area contributed by atoms with Crippen LogP contribution in [0.15, 0.2) is 72.8 Å². The SMILES string of the molecule is Cc1c2sc(c1C)-c1ccc(s1)-c1sc(c(C)c1C)-c1ccc(s1)-c1sc(c(C)c1C)-c1ccc(s1)-c1sc(c(C)c1C)-c1ccc(s1)-c1sc(c(C)c1C)-c1ccc(s1)-c1sc(c(C)c1C)-c1ccc-2s1. The molecule has 13 heterocycles. The van der Waals surface area contributed by atoms with Crippen LogP contribution in [0.3, 0.4) is 0 Å². The maximum atomic E-state index is 2.37. The van der Waals surface area contributed by atoms with Crippen molar-refractivity contribution in [3.8, 4) is 117 Å². The second kappa shape index (κ2) is 18.0. The highest BCUT2D eigenvalue weighted by Gasteiger charge is 2.26. The topological polar surface area (TPSA) is 0 Å². The van der Waals surface area contributed by atoms with E-state index in [0.29, 0.717) is 0 Å². The Bertz CT molecular complexity index is 3210. The van der Waals surface area contributed by atoms with Gasteiger partial charge in [-0.15, -0.1) is 136 Å². The van der Waals surface area contributed by atoms with Crippen molar-refractivity contribution in [2.75, 3.05) is 0 Å². The number of rotatable bonds is 0. The fourth-order valence-corrected chi connectivity index (χ4v) is 25.8. The zero-order chi connectivity index (χ0) is 49.8. The monoisotopic (exact) mass is 1150 g/mol.